The van der Waals surface area contributed by atoms with Crippen molar-refractivity contribution in [2.24, 2.45) is 5.92 Å². The lowest BCUT2D eigenvalue weighted by Crippen LogP contribution is -2.26. The zero-order chi connectivity index (χ0) is 18.1. The van der Waals surface area contributed by atoms with E-state index >= 15 is 0 Å². The lowest BCUT2D eigenvalue weighted by Gasteiger charge is -2.30. The van der Waals surface area contributed by atoms with Crippen molar-refractivity contribution in [3.05, 3.63) is 56.3 Å². The maximum atomic E-state index is 9.59. The minimum Gasteiger partial charge on any atom is -0.475 e. The van der Waals surface area contributed by atoms with Crippen LogP contribution >= 0.6 is 23.2 Å². The molecule has 1 aromatic rings. The molecule has 0 spiro atoms. The van der Waals surface area contributed by atoms with E-state index in [1.54, 1.807) is 37.3 Å². The molecule has 24 heavy (non-hydrogen) atoms. The van der Waals surface area contributed by atoms with Crippen LogP contribution in [-0.4, -0.2) is 0 Å². The smallest absolute Gasteiger partial charge is 0.172 e. The van der Waals surface area contributed by atoms with Gasteiger partial charge in [-0.05, 0) is 25.0 Å². The van der Waals surface area contributed by atoms with E-state index in [4.69, 9.17) is 38.5 Å². The van der Waals surface area contributed by atoms with E-state index < -0.39 is 5.60 Å². The van der Waals surface area contributed by atoms with Crippen molar-refractivity contribution >= 4 is 23.2 Å². The number of rotatable bonds is 2. The molecule has 0 bridgehead atoms. The standard InChI is InChI=1S/C18H13Cl2N3O/c1-10(2)16-13(9-23)17(11(7-21)8-22)24-18(16,3)12-4-5-14(19)15(20)6-12/h4-6,10H,1-3H3. The zero-order valence-corrected chi connectivity index (χ0v) is 14.8. The van der Waals surface area contributed by atoms with Gasteiger partial charge in [0.2, 0.25) is 0 Å². The fraction of sp³-hybridized carbons (Fsp3) is 0.278. The number of nitriles is 3. The Morgan fingerprint density at radius 2 is 1.75 bits per heavy atom. The van der Waals surface area contributed by atoms with Crippen molar-refractivity contribution in [1.29, 1.82) is 15.8 Å². The number of halogens is 2. The number of nitrogens with zero attached hydrogens (tertiary/aromatic N) is 3. The summed E-state index contributed by atoms with van der Waals surface area (Å²) in [5.41, 5.74) is 0.368. The van der Waals surface area contributed by atoms with Gasteiger partial charge in [-0.1, -0.05) is 43.1 Å². The fourth-order valence-electron chi connectivity index (χ4n) is 2.93. The Bertz CT molecular complexity index is 878. The van der Waals surface area contributed by atoms with Gasteiger partial charge in [-0.3, -0.25) is 0 Å². The van der Waals surface area contributed by atoms with Gasteiger partial charge in [0.25, 0.3) is 0 Å². The lowest BCUT2D eigenvalue weighted by molar-refractivity contribution is 0.0662. The molecule has 0 fully saturated rings. The van der Waals surface area contributed by atoms with Crippen LogP contribution in [0.5, 0.6) is 0 Å². The van der Waals surface area contributed by atoms with E-state index in [0.717, 1.165) is 0 Å². The third-order valence-corrected chi connectivity index (χ3v) is 4.67. The van der Waals surface area contributed by atoms with Gasteiger partial charge >= 0.3 is 0 Å². The molecule has 4 nitrogen and oxygen atoms in total. The Balaban J connectivity index is 2.81. The van der Waals surface area contributed by atoms with E-state index in [2.05, 4.69) is 6.07 Å². The normalized spacial score (nSPS) is 19.5. The molecular weight excluding hydrogens is 345 g/mol. The van der Waals surface area contributed by atoms with Crippen LogP contribution < -0.4 is 0 Å². The topological polar surface area (TPSA) is 80.6 Å². The quantitative estimate of drug-likeness (QED) is 0.696. The highest BCUT2D eigenvalue weighted by Gasteiger charge is 2.46. The van der Waals surface area contributed by atoms with Crippen LogP contribution in [0.2, 0.25) is 10.0 Å². The average Bonchev–Trinajstić information content (AvgIpc) is 2.85. The molecule has 2 rings (SSSR count). The highest BCUT2D eigenvalue weighted by atomic mass is 35.5. The van der Waals surface area contributed by atoms with Crippen LogP contribution in [0.3, 0.4) is 0 Å². The maximum Gasteiger partial charge on any atom is 0.172 e. The molecule has 1 heterocycles. The first-order chi connectivity index (χ1) is 11.3. The molecule has 0 saturated carbocycles. The summed E-state index contributed by atoms with van der Waals surface area (Å²) in [6.45, 7) is 5.64. The van der Waals surface area contributed by atoms with Gasteiger partial charge in [0.1, 0.15) is 18.2 Å². The summed E-state index contributed by atoms with van der Waals surface area (Å²) in [5.74, 6) is -0.0324. The average molecular weight is 358 g/mol. The Hall–Kier alpha value is -2.45. The monoisotopic (exact) mass is 357 g/mol. The molecule has 0 aromatic heterocycles. The van der Waals surface area contributed by atoms with Crippen LogP contribution in [0.4, 0.5) is 0 Å². The van der Waals surface area contributed by atoms with Crippen LogP contribution in [0.15, 0.2) is 40.7 Å². The number of benzene rings is 1. The number of hydrogen-bond donors (Lipinski definition) is 0. The first kappa shape index (κ1) is 17.9. The molecule has 0 radical (unpaired) electrons. The lowest BCUT2D eigenvalue weighted by atomic mass is 9.80. The third kappa shape index (κ3) is 2.74. The van der Waals surface area contributed by atoms with Gasteiger partial charge in [-0.2, -0.15) is 15.8 Å². The first-order valence-corrected chi connectivity index (χ1v) is 7.89. The maximum absolute atomic E-state index is 9.59. The summed E-state index contributed by atoms with van der Waals surface area (Å²) in [4.78, 5) is 0. The van der Waals surface area contributed by atoms with E-state index in [9.17, 15) is 5.26 Å². The van der Waals surface area contributed by atoms with Gasteiger partial charge < -0.3 is 4.74 Å². The summed E-state index contributed by atoms with van der Waals surface area (Å²) in [7, 11) is 0. The molecule has 0 amide bonds. The van der Waals surface area contributed by atoms with Crippen molar-refractivity contribution in [3.8, 4) is 18.2 Å². The highest BCUT2D eigenvalue weighted by Crippen LogP contribution is 2.49. The van der Waals surface area contributed by atoms with E-state index in [0.29, 0.717) is 21.2 Å². The van der Waals surface area contributed by atoms with Gasteiger partial charge in [-0.15, -0.1) is 0 Å². The summed E-state index contributed by atoms with van der Waals surface area (Å²) in [6.07, 6.45) is 0. The van der Waals surface area contributed by atoms with Crippen LogP contribution in [0, 0.1) is 39.9 Å². The van der Waals surface area contributed by atoms with Crippen molar-refractivity contribution in [3.63, 3.8) is 0 Å². The molecular formula is C18H13Cl2N3O. The van der Waals surface area contributed by atoms with Gasteiger partial charge in [0.15, 0.2) is 16.9 Å². The zero-order valence-electron chi connectivity index (χ0n) is 13.3. The predicted molar refractivity (Wildman–Crippen MR) is 90.6 cm³/mol. The van der Waals surface area contributed by atoms with Crippen molar-refractivity contribution in [2.75, 3.05) is 0 Å². The Kier molecular flexibility index (Phi) is 4.91. The SMILES string of the molecule is CC(C)C1=C(C#N)C(=C(C#N)C#N)OC1(C)c1ccc(Cl)c(Cl)c1. The molecule has 1 aliphatic heterocycles. The summed E-state index contributed by atoms with van der Waals surface area (Å²) in [6, 6.07) is 10.7. The minimum absolute atomic E-state index is 0.0137. The number of allylic oxidation sites excluding steroid dienone is 2. The predicted octanol–water partition coefficient (Wildman–Crippen LogP) is 5.02. The summed E-state index contributed by atoms with van der Waals surface area (Å²) in [5, 5.41) is 28.7. The minimum atomic E-state index is -1.01. The molecule has 0 saturated heterocycles. The molecule has 0 aliphatic carbocycles. The Labute approximate surface area is 150 Å². The van der Waals surface area contributed by atoms with Crippen molar-refractivity contribution < 1.29 is 4.74 Å². The van der Waals surface area contributed by atoms with E-state index in [-0.39, 0.29) is 22.8 Å². The van der Waals surface area contributed by atoms with Crippen LogP contribution in [0.25, 0.3) is 0 Å². The third-order valence-electron chi connectivity index (χ3n) is 3.93. The second kappa shape index (κ2) is 6.58. The largest absolute Gasteiger partial charge is 0.475 e. The molecule has 0 N–H and O–H groups in total. The second-order valence-electron chi connectivity index (χ2n) is 5.75. The molecule has 1 unspecified atom stereocenters. The summed E-state index contributed by atoms with van der Waals surface area (Å²) >= 11 is 12.1. The van der Waals surface area contributed by atoms with Gasteiger partial charge in [0, 0.05) is 11.1 Å². The van der Waals surface area contributed by atoms with Crippen molar-refractivity contribution in [1.82, 2.24) is 0 Å². The van der Waals surface area contributed by atoms with E-state index in [1.165, 1.54) is 0 Å². The second-order valence-corrected chi connectivity index (χ2v) is 6.56. The summed E-state index contributed by atoms with van der Waals surface area (Å²) < 4.78 is 5.99. The van der Waals surface area contributed by atoms with Gasteiger partial charge in [-0.25, -0.2) is 0 Å². The molecule has 1 aromatic carbocycles. The molecule has 120 valence electrons. The van der Waals surface area contributed by atoms with E-state index in [1.807, 2.05) is 13.8 Å². The Morgan fingerprint density at radius 3 is 2.21 bits per heavy atom. The molecule has 1 aliphatic rings. The fourth-order valence-corrected chi connectivity index (χ4v) is 3.23. The van der Waals surface area contributed by atoms with Crippen LogP contribution in [0.1, 0.15) is 26.3 Å². The first-order valence-electron chi connectivity index (χ1n) is 7.14. The number of hydrogen-bond acceptors (Lipinski definition) is 4. The highest BCUT2D eigenvalue weighted by molar-refractivity contribution is 6.42. The Morgan fingerprint density at radius 1 is 1.12 bits per heavy atom. The van der Waals surface area contributed by atoms with Crippen molar-refractivity contribution in [2.45, 2.75) is 26.4 Å². The number of ether oxygens (including phenoxy) is 1. The molecule has 6 heteroatoms. The van der Waals surface area contributed by atoms with Gasteiger partial charge in [0.05, 0.1) is 15.6 Å². The molecule has 1 atom stereocenters. The van der Waals surface area contributed by atoms with Crippen LogP contribution in [-0.2, 0) is 10.3 Å².